The van der Waals surface area contributed by atoms with Crippen molar-refractivity contribution in [3.8, 4) is 0 Å². The van der Waals surface area contributed by atoms with E-state index >= 15 is 0 Å². The second-order valence-electron chi connectivity index (χ2n) is 4.48. The minimum absolute atomic E-state index is 0.609. The first-order chi connectivity index (χ1) is 8.19. The highest BCUT2D eigenvalue weighted by molar-refractivity contribution is 6.42. The van der Waals surface area contributed by atoms with Crippen LogP contribution in [0.25, 0.3) is 6.08 Å². The Balaban J connectivity index is 2.04. The molecule has 1 fully saturated rings. The lowest BCUT2D eigenvalue weighted by atomic mass is 10.1. The molecular formula is C14H17Cl2N. The van der Waals surface area contributed by atoms with E-state index in [1.165, 1.54) is 18.4 Å². The average molecular weight is 270 g/mol. The van der Waals surface area contributed by atoms with Gasteiger partial charge in [0.15, 0.2) is 0 Å². The zero-order valence-corrected chi connectivity index (χ0v) is 11.5. The SMILES string of the molecule is CCC(=Cc1ccc(Cl)c(Cl)c1)CNC1CC1. The van der Waals surface area contributed by atoms with Crippen molar-refractivity contribution in [3.63, 3.8) is 0 Å². The first-order valence-electron chi connectivity index (χ1n) is 6.07. The van der Waals surface area contributed by atoms with Crippen LogP contribution in [0.1, 0.15) is 31.7 Å². The molecule has 0 aromatic heterocycles. The van der Waals surface area contributed by atoms with Crippen LogP contribution in [0.2, 0.25) is 10.0 Å². The van der Waals surface area contributed by atoms with Crippen LogP contribution in [0, 0.1) is 0 Å². The summed E-state index contributed by atoms with van der Waals surface area (Å²) in [5, 5.41) is 4.75. The Labute approximate surface area is 113 Å². The van der Waals surface area contributed by atoms with Crippen LogP contribution in [0.15, 0.2) is 23.8 Å². The summed E-state index contributed by atoms with van der Waals surface area (Å²) < 4.78 is 0. The standard InChI is InChI=1S/C14H17Cl2N/c1-2-10(9-17-12-4-5-12)7-11-3-6-13(15)14(16)8-11/h3,6-8,12,17H,2,4-5,9H2,1H3. The highest BCUT2D eigenvalue weighted by atomic mass is 35.5. The van der Waals surface area contributed by atoms with Crippen LogP contribution in [0.5, 0.6) is 0 Å². The van der Waals surface area contributed by atoms with Gasteiger partial charge >= 0.3 is 0 Å². The van der Waals surface area contributed by atoms with E-state index in [2.05, 4.69) is 18.3 Å². The third kappa shape index (κ3) is 4.02. The lowest BCUT2D eigenvalue weighted by Gasteiger charge is -2.07. The van der Waals surface area contributed by atoms with Gasteiger partial charge in [-0.1, -0.05) is 47.8 Å². The number of benzene rings is 1. The molecule has 0 heterocycles. The van der Waals surface area contributed by atoms with E-state index in [9.17, 15) is 0 Å². The molecular weight excluding hydrogens is 253 g/mol. The highest BCUT2D eigenvalue weighted by Gasteiger charge is 2.19. The lowest BCUT2D eigenvalue weighted by Crippen LogP contribution is -2.18. The first-order valence-corrected chi connectivity index (χ1v) is 6.82. The average Bonchev–Trinajstić information content (AvgIpc) is 3.13. The van der Waals surface area contributed by atoms with Crippen molar-refractivity contribution in [1.29, 1.82) is 0 Å². The van der Waals surface area contributed by atoms with Gasteiger partial charge in [-0.25, -0.2) is 0 Å². The van der Waals surface area contributed by atoms with E-state index < -0.39 is 0 Å². The van der Waals surface area contributed by atoms with Gasteiger partial charge in [0.2, 0.25) is 0 Å². The largest absolute Gasteiger partial charge is 0.310 e. The third-order valence-electron chi connectivity index (χ3n) is 2.96. The number of hydrogen-bond acceptors (Lipinski definition) is 1. The summed E-state index contributed by atoms with van der Waals surface area (Å²) in [6.45, 7) is 3.15. The van der Waals surface area contributed by atoms with E-state index in [1.807, 2.05) is 18.2 Å². The normalized spacial score (nSPS) is 16.3. The van der Waals surface area contributed by atoms with E-state index in [0.717, 1.165) is 24.6 Å². The van der Waals surface area contributed by atoms with Gasteiger partial charge in [0.25, 0.3) is 0 Å². The quantitative estimate of drug-likeness (QED) is 0.828. The molecule has 17 heavy (non-hydrogen) atoms. The number of halogens is 2. The Morgan fingerprint density at radius 2 is 2.12 bits per heavy atom. The molecule has 0 radical (unpaired) electrons. The monoisotopic (exact) mass is 269 g/mol. The maximum atomic E-state index is 6.00. The first kappa shape index (κ1) is 12.9. The molecule has 0 amide bonds. The Kier molecular flexibility index (Phi) is 4.49. The van der Waals surface area contributed by atoms with Gasteiger partial charge in [0.1, 0.15) is 0 Å². The smallest absolute Gasteiger partial charge is 0.0598 e. The van der Waals surface area contributed by atoms with Gasteiger partial charge in [-0.2, -0.15) is 0 Å². The number of rotatable bonds is 5. The van der Waals surface area contributed by atoms with Crippen molar-refractivity contribution in [3.05, 3.63) is 39.4 Å². The number of hydrogen-bond donors (Lipinski definition) is 1. The maximum absolute atomic E-state index is 6.00. The number of nitrogens with one attached hydrogen (secondary N) is 1. The molecule has 1 aromatic carbocycles. The lowest BCUT2D eigenvalue weighted by molar-refractivity contribution is 0.723. The van der Waals surface area contributed by atoms with Crippen molar-refractivity contribution >= 4 is 29.3 Å². The minimum Gasteiger partial charge on any atom is -0.310 e. The summed E-state index contributed by atoms with van der Waals surface area (Å²) in [7, 11) is 0. The van der Waals surface area contributed by atoms with Gasteiger partial charge in [-0.3, -0.25) is 0 Å². The molecule has 2 rings (SSSR count). The molecule has 1 saturated carbocycles. The Bertz CT molecular complexity index is 422. The van der Waals surface area contributed by atoms with Crippen LogP contribution in [0.3, 0.4) is 0 Å². The van der Waals surface area contributed by atoms with Crippen LogP contribution in [-0.2, 0) is 0 Å². The summed E-state index contributed by atoms with van der Waals surface area (Å²) in [5.41, 5.74) is 2.52. The zero-order chi connectivity index (χ0) is 12.3. The van der Waals surface area contributed by atoms with Crippen molar-refractivity contribution in [1.82, 2.24) is 5.32 Å². The van der Waals surface area contributed by atoms with E-state index in [4.69, 9.17) is 23.2 Å². The molecule has 1 nitrogen and oxygen atoms in total. The second-order valence-corrected chi connectivity index (χ2v) is 5.30. The van der Waals surface area contributed by atoms with Crippen molar-refractivity contribution in [2.75, 3.05) is 6.54 Å². The minimum atomic E-state index is 0.609. The molecule has 0 unspecified atom stereocenters. The maximum Gasteiger partial charge on any atom is 0.0598 e. The summed E-state index contributed by atoms with van der Waals surface area (Å²) in [4.78, 5) is 0. The van der Waals surface area contributed by atoms with E-state index in [0.29, 0.717) is 10.0 Å². The van der Waals surface area contributed by atoms with Crippen molar-refractivity contribution in [2.24, 2.45) is 0 Å². The second kappa shape index (κ2) is 5.90. The molecule has 1 aromatic rings. The highest BCUT2D eigenvalue weighted by Crippen LogP contribution is 2.24. The van der Waals surface area contributed by atoms with E-state index in [1.54, 1.807) is 0 Å². The summed E-state index contributed by atoms with van der Waals surface area (Å²) in [6.07, 6.45) is 5.89. The van der Waals surface area contributed by atoms with E-state index in [-0.39, 0.29) is 0 Å². The summed E-state index contributed by atoms with van der Waals surface area (Å²) >= 11 is 11.9. The fourth-order valence-corrected chi connectivity index (χ4v) is 1.99. The Hall–Kier alpha value is -0.500. The third-order valence-corrected chi connectivity index (χ3v) is 3.70. The van der Waals surface area contributed by atoms with Gasteiger partial charge in [-0.05, 0) is 37.0 Å². The zero-order valence-electron chi connectivity index (χ0n) is 9.97. The van der Waals surface area contributed by atoms with Gasteiger partial charge < -0.3 is 5.32 Å². The Morgan fingerprint density at radius 3 is 2.71 bits per heavy atom. The molecule has 1 aliphatic carbocycles. The van der Waals surface area contributed by atoms with Crippen molar-refractivity contribution < 1.29 is 0 Å². The van der Waals surface area contributed by atoms with Crippen LogP contribution < -0.4 is 5.32 Å². The predicted molar refractivity (Wildman–Crippen MR) is 75.8 cm³/mol. The molecule has 0 saturated heterocycles. The molecule has 1 aliphatic rings. The van der Waals surface area contributed by atoms with Gasteiger partial charge in [-0.15, -0.1) is 0 Å². The molecule has 0 aliphatic heterocycles. The Morgan fingerprint density at radius 1 is 1.35 bits per heavy atom. The van der Waals surface area contributed by atoms with Gasteiger partial charge in [0.05, 0.1) is 10.0 Å². The molecule has 0 atom stereocenters. The molecule has 0 spiro atoms. The molecule has 92 valence electrons. The van der Waals surface area contributed by atoms with Crippen LogP contribution in [0.4, 0.5) is 0 Å². The molecule has 3 heteroatoms. The summed E-state index contributed by atoms with van der Waals surface area (Å²) in [6, 6.07) is 6.51. The topological polar surface area (TPSA) is 12.0 Å². The fourth-order valence-electron chi connectivity index (χ4n) is 1.68. The van der Waals surface area contributed by atoms with Crippen molar-refractivity contribution in [2.45, 2.75) is 32.2 Å². The van der Waals surface area contributed by atoms with Gasteiger partial charge in [0, 0.05) is 12.6 Å². The fraction of sp³-hybridized carbons (Fsp3) is 0.429. The molecule has 0 bridgehead atoms. The predicted octanol–water partition coefficient (Wildman–Crippen LogP) is 4.54. The van der Waals surface area contributed by atoms with Crippen LogP contribution >= 0.6 is 23.2 Å². The van der Waals surface area contributed by atoms with Crippen LogP contribution in [-0.4, -0.2) is 12.6 Å². The summed E-state index contributed by atoms with van der Waals surface area (Å²) in [5.74, 6) is 0. The molecule has 1 N–H and O–H groups in total.